The molecular weight excluding hydrogens is 454 g/mol. The first-order valence-electron chi connectivity index (χ1n) is 13.0. The molecule has 1 aliphatic carbocycles. The molecule has 2 atom stereocenters. The van der Waals surface area contributed by atoms with Crippen LogP contribution in [0.25, 0.3) is 10.8 Å². The molecule has 36 heavy (non-hydrogen) atoms. The molecule has 7 heteroatoms. The number of methoxy groups -OCH3 is 1. The molecule has 1 aliphatic heterocycles. The van der Waals surface area contributed by atoms with Crippen LogP contribution in [-0.2, 0) is 4.79 Å². The molecule has 7 nitrogen and oxygen atoms in total. The molecule has 1 amide bonds. The normalized spacial score (nSPS) is 21.0. The van der Waals surface area contributed by atoms with Gasteiger partial charge in [-0.3, -0.25) is 9.59 Å². The van der Waals surface area contributed by atoms with Gasteiger partial charge >= 0.3 is 0 Å². The fourth-order valence-corrected chi connectivity index (χ4v) is 5.42. The summed E-state index contributed by atoms with van der Waals surface area (Å²) in [7, 11) is 1.50. The number of primary amides is 1. The Kier molecular flexibility index (Phi) is 8.15. The lowest BCUT2D eigenvalue weighted by atomic mass is 9.94. The number of pyridine rings is 1. The van der Waals surface area contributed by atoms with Crippen molar-refractivity contribution in [3.05, 3.63) is 29.5 Å². The van der Waals surface area contributed by atoms with Crippen molar-refractivity contribution in [1.29, 1.82) is 0 Å². The molecular formula is C29H37N3O4. The lowest BCUT2D eigenvalue weighted by Crippen LogP contribution is -2.38. The van der Waals surface area contributed by atoms with Gasteiger partial charge in [0.25, 0.3) is 5.91 Å². The van der Waals surface area contributed by atoms with Gasteiger partial charge in [-0.1, -0.05) is 25.2 Å². The van der Waals surface area contributed by atoms with Crippen LogP contribution < -0.4 is 15.2 Å². The third-order valence-electron chi connectivity index (χ3n) is 7.71. The van der Waals surface area contributed by atoms with Gasteiger partial charge < -0.3 is 20.1 Å². The lowest BCUT2D eigenvalue weighted by Gasteiger charge is -2.32. The van der Waals surface area contributed by atoms with Crippen molar-refractivity contribution in [3.63, 3.8) is 0 Å². The van der Waals surface area contributed by atoms with Gasteiger partial charge in [0, 0.05) is 47.7 Å². The minimum absolute atomic E-state index is 0.183. The molecule has 0 radical (unpaired) electrons. The smallest absolute Gasteiger partial charge is 0.252 e. The van der Waals surface area contributed by atoms with E-state index in [2.05, 4.69) is 42.5 Å². The fraction of sp³-hybridized carbons (Fsp3) is 0.552. The molecule has 2 heterocycles. The van der Waals surface area contributed by atoms with E-state index in [-0.39, 0.29) is 5.92 Å². The average Bonchev–Trinajstić information content (AvgIpc) is 3.25. The highest BCUT2D eigenvalue weighted by Crippen LogP contribution is 2.35. The average molecular weight is 492 g/mol. The van der Waals surface area contributed by atoms with Crippen LogP contribution in [0, 0.1) is 29.6 Å². The van der Waals surface area contributed by atoms with E-state index in [9.17, 15) is 9.59 Å². The van der Waals surface area contributed by atoms with Crippen LogP contribution in [0.1, 0.15) is 68.8 Å². The van der Waals surface area contributed by atoms with Gasteiger partial charge in [-0.2, -0.15) is 0 Å². The molecule has 1 saturated heterocycles. The number of benzene rings is 1. The van der Waals surface area contributed by atoms with Crippen molar-refractivity contribution in [2.75, 3.05) is 26.8 Å². The Hall–Kier alpha value is -3.11. The second-order valence-corrected chi connectivity index (χ2v) is 10.3. The number of Topliss-reactive ketones (excluding diaryl/α,β-unsaturated/α-hetero) is 1. The van der Waals surface area contributed by atoms with Crippen molar-refractivity contribution in [1.82, 2.24) is 9.88 Å². The van der Waals surface area contributed by atoms with Gasteiger partial charge in [-0.25, -0.2) is 4.98 Å². The number of rotatable bonds is 7. The van der Waals surface area contributed by atoms with Crippen molar-refractivity contribution < 1.29 is 19.1 Å². The monoisotopic (exact) mass is 491 g/mol. The summed E-state index contributed by atoms with van der Waals surface area (Å²) in [4.78, 5) is 31.2. The predicted molar refractivity (Wildman–Crippen MR) is 140 cm³/mol. The van der Waals surface area contributed by atoms with Crippen molar-refractivity contribution in [2.45, 2.75) is 58.9 Å². The van der Waals surface area contributed by atoms with Gasteiger partial charge in [-0.05, 0) is 57.8 Å². The van der Waals surface area contributed by atoms with E-state index >= 15 is 0 Å². The molecule has 2 aliphatic rings. The highest BCUT2D eigenvalue weighted by Gasteiger charge is 2.32. The molecule has 192 valence electrons. The van der Waals surface area contributed by atoms with Gasteiger partial charge in [0.2, 0.25) is 5.88 Å². The SMILES string of the molecule is CC[C@@H]1CC(=O)C[C@@H]1COc1ncc(C#CC2CCN(C(C)C)CC2)c2cc(C(N)=O)c(OC)cc12. The highest BCUT2D eigenvalue weighted by atomic mass is 16.5. The first-order valence-corrected chi connectivity index (χ1v) is 13.0. The number of carbonyl (C=O) groups is 2. The van der Waals surface area contributed by atoms with Crippen molar-refractivity contribution >= 4 is 22.5 Å². The zero-order chi connectivity index (χ0) is 25.8. The topological polar surface area (TPSA) is 94.8 Å². The predicted octanol–water partition coefficient (Wildman–Crippen LogP) is 4.20. The number of hydrogen-bond donors (Lipinski definition) is 1. The van der Waals surface area contributed by atoms with E-state index in [0.717, 1.165) is 48.7 Å². The van der Waals surface area contributed by atoms with E-state index in [1.807, 2.05) is 0 Å². The maximum atomic E-state index is 12.1. The summed E-state index contributed by atoms with van der Waals surface area (Å²) in [6.45, 7) is 9.09. The Labute approximate surface area is 213 Å². The van der Waals surface area contributed by atoms with Gasteiger partial charge in [0.1, 0.15) is 11.5 Å². The summed E-state index contributed by atoms with van der Waals surface area (Å²) in [5.74, 6) is 8.16. The highest BCUT2D eigenvalue weighted by molar-refractivity contribution is 6.03. The number of fused-ring (bicyclic) bond motifs is 1. The summed E-state index contributed by atoms with van der Waals surface area (Å²) in [5, 5.41) is 1.48. The number of nitrogens with zero attached hydrogens (tertiary/aromatic N) is 2. The molecule has 2 aromatic rings. The van der Waals surface area contributed by atoms with Crippen molar-refractivity contribution in [3.8, 4) is 23.5 Å². The van der Waals surface area contributed by atoms with E-state index < -0.39 is 5.91 Å². The Morgan fingerprint density at radius 3 is 2.56 bits per heavy atom. The molecule has 1 aromatic heterocycles. The van der Waals surface area contributed by atoms with Crippen LogP contribution in [0.4, 0.5) is 0 Å². The minimum atomic E-state index is -0.566. The van der Waals surface area contributed by atoms with Crippen LogP contribution in [0.3, 0.4) is 0 Å². The Morgan fingerprint density at radius 2 is 1.92 bits per heavy atom. The quantitative estimate of drug-likeness (QED) is 0.584. The maximum absolute atomic E-state index is 12.1. The Balaban J connectivity index is 1.65. The first-order chi connectivity index (χ1) is 17.3. The molecule has 2 N–H and O–H groups in total. The Bertz CT molecular complexity index is 1190. The lowest BCUT2D eigenvalue weighted by molar-refractivity contribution is -0.117. The largest absolute Gasteiger partial charge is 0.496 e. The third kappa shape index (κ3) is 5.65. The van der Waals surface area contributed by atoms with E-state index in [1.54, 1.807) is 18.3 Å². The number of aromatic nitrogens is 1. The second kappa shape index (κ2) is 11.3. The molecule has 0 bridgehead atoms. The van der Waals surface area contributed by atoms with Crippen LogP contribution in [-0.4, -0.2) is 54.4 Å². The summed E-state index contributed by atoms with van der Waals surface area (Å²) >= 11 is 0. The first kappa shape index (κ1) is 26.0. The molecule has 0 spiro atoms. The van der Waals surface area contributed by atoms with Crippen LogP contribution in [0.2, 0.25) is 0 Å². The van der Waals surface area contributed by atoms with E-state index in [0.29, 0.717) is 60.3 Å². The number of nitrogens with two attached hydrogens (primary N) is 1. The van der Waals surface area contributed by atoms with Gasteiger partial charge in [0.15, 0.2) is 0 Å². The summed E-state index contributed by atoms with van der Waals surface area (Å²) < 4.78 is 11.6. The summed E-state index contributed by atoms with van der Waals surface area (Å²) in [6, 6.07) is 4.03. The Morgan fingerprint density at radius 1 is 1.19 bits per heavy atom. The van der Waals surface area contributed by atoms with E-state index in [1.165, 1.54) is 7.11 Å². The number of piperidine rings is 1. The van der Waals surface area contributed by atoms with Gasteiger partial charge in [0.05, 0.1) is 24.8 Å². The number of ketones is 1. The molecule has 0 unspecified atom stereocenters. The number of amides is 1. The number of likely N-dealkylation sites (tertiary alicyclic amines) is 1. The minimum Gasteiger partial charge on any atom is -0.496 e. The van der Waals surface area contributed by atoms with Crippen molar-refractivity contribution in [2.24, 2.45) is 23.5 Å². The molecule has 4 rings (SSSR count). The van der Waals surface area contributed by atoms with Crippen LogP contribution in [0.5, 0.6) is 11.6 Å². The molecule has 1 aromatic carbocycles. The summed E-state index contributed by atoms with van der Waals surface area (Å²) in [5.41, 5.74) is 6.67. The summed E-state index contributed by atoms with van der Waals surface area (Å²) in [6.07, 6.45) is 5.91. The number of ether oxygens (including phenoxy) is 2. The van der Waals surface area contributed by atoms with Gasteiger partial charge in [-0.15, -0.1) is 0 Å². The second-order valence-electron chi connectivity index (χ2n) is 10.3. The zero-order valence-electron chi connectivity index (χ0n) is 21.8. The fourth-order valence-electron chi connectivity index (χ4n) is 5.42. The third-order valence-corrected chi connectivity index (χ3v) is 7.71. The van der Waals surface area contributed by atoms with E-state index in [4.69, 9.17) is 15.2 Å². The maximum Gasteiger partial charge on any atom is 0.252 e. The number of hydrogen-bond acceptors (Lipinski definition) is 6. The molecule has 1 saturated carbocycles. The van der Waals surface area contributed by atoms with Crippen LogP contribution >= 0.6 is 0 Å². The standard InChI is InChI=1S/C29H37N3O4/c1-5-20-12-23(33)13-22(20)17-36-29-25-15-27(35-4)26(28(30)34)14-24(25)21(16-31-29)7-6-19-8-10-32(11-9-19)18(2)3/h14-16,18-20,22H,5,8-13,17H2,1-4H3,(H2,30,34)/t20-,22-/m1/s1. The van der Waals surface area contributed by atoms with Crippen LogP contribution in [0.15, 0.2) is 18.3 Å². The molecule has 2 fully saturated rings. The number of carbonyl (C=O) groups excluding carboxylic acids is 2. The zero-order valence-corrected chi connectivity index (χ0v) is 21.8.